The molecule has 0 aliphatic heterocycles. The van der Waals surface area contributed by atoms with E-state index in [-0.39, 0.29) is 16.0 Å². The number of hydrogen-bond acceptors (Lipinski definition) is 3. The summed E-state index contributed by atoms with van der Waals surface area (Å²) in [6.45, 7) is 0. The fourth-order valence-corrected chi connectivity index (χ4v) is 2.46. The molecule has 0 spiro atoms. The van der Waals surface area contributed by atoms with Crippen LogP contribution in [0.3, 0.4) is 0 Å². The Bertz CT molecular complexity index is 457. The van der Waals surface area contributed by atoms with Crippen LogP contribution in [0.25, 0.3) is 0 Å². The molecule has 1 rings (SSSR count). The van der Waals surface area contributed by atoms with Crippen LogP contribution in [0.5, 0.6) is 0 Å². The largest absolute Gasteiger partial charge is 0.366 e. The van der Waals surface area contributed by atoms with E-state index in [9.17, 15) is 14.1 Å². The van der Waals surface area contributed by atoms with E-state index in [0.29, 0.717) is 0 Å². The highest BCUT2D eigenvalue weighted by Gasteiger charge is 2.20. The fraction of sp³-hybridized carbons (Fsp3) is 0.111. The van der Waals surface area contributed by atoms with Crippen molar-refractivity contribution in [2.75, 3.05) is 0 Å². The van der Waals surface area contributed by atoms with Crippen LogP contribution in [0.15, 0.2) is 23.1 Å². The van der Waals surface area contributed by atoms with Crippen LogP contribution in [-0.4, -0.2) is 16.0 Å². The van der Waals surface area contributed by atoms with Crippen LogP contribution < -0.4 is 11.3 Å². The second-order valence-corrected chi connectivity index (χ2v) is 5.61. The van der Waals surface area contributed by atoms with Crippen molar-refractivity contribution in [1.29, 1.82) is 0 Å². The predicted octanol–water partition coefficient (Wildman–Crippen LogP) is 2.25. The summed E-state index contributed by atoms with van der Waals surface area (Å²) < 4.78 is 11.3. The van der Waals surface area contributed by atoms with E-state index >= 15 is 0 Å². The second-order valence-electron chi connectivity index (χ2n) is 2.85. The number of nitrogens with one attached hydrogen (secondary N) is 1. The number of thioether (sulfide) groups is 1. The number of carbonyl (C=O) groups excluding carboxylic acids is 2. The van der Waals surface area contributed by atoms with Gasteiger partial charge in [-0.15, -0.1) is 0 Å². The summed E-state index contributed by atoms with van der Waals surface area (Å²) in [6.07, 6.45) is 0. The summed E-state index contributed by atoms with van der Waals surface area (Å²) >= 11 is 12.0. The zero-order chi connectivity index (χ0) is 13.0. The Morgan fingerprint density at radius 3 is 2.53 bits per heavy atom. The number of hydrogen-bond donors (Lipinski definition) is 2. The number of halogens is 3. The molecule has 0 bridgehead atoms. The van der Waals surface area contributed by atoms with Gasteiger partial charge in [0.1, 0.15) is 0 Å². The minimum absolute atomic E-state index is 0.0980. The monoisotopic (exact) mass is 296 g/mol. The first-order valence-corrected chi connectivity index (χ1v) is 6.01. The molecule has 0 fully saturated rings. The Kier molecular flexibility index (Phi) is 5.04. The van der Waals surface area contributed by atoms with Gasteiger partial charge in [0.15, 0.2) is 4.17 Å². The minimum Gasteiger partial charge on any atom is -0.366 e. The molecule has 0 aromatic heterocycles. The molecule has 0 saturated heterocycles. The third-order valence-electron chi connectivity index (χ3n) is 1.82. The average Bonchev–Trinajstić information content (AvgIpc) is 2.26. The molecular formula is C9H7Cl2FN2O2S. The highest BCUT2D eigenvalue weighted by atomic mass is 35.5. The van der Waals surface area contributed by atoms with E-state index in [1.807, 2.05) is 0 Å². The maximum atomic E-state index is 12.2. The van der Waals surface area contributed by atoms with Crippen LogP contribution >= 0.6 is 35.0 Å². The van der Waals surface area contributed by atoms with Gasteiger partial charge in [-0.2, -0.15) is 5.54 Å². The molecule has 3 N–H and O–H groups in total. The second kappa shape index (κ2) is 6.09. The minimum atomic E-state index is -1.07. The Hall–Kier alpha value is -0.980. The Morgan fingerprint density at radius 2 is 2.06 bits per heavy atom. The molecule has 17 heavy (non-hydrogen) atoms. The lowest BCUT2D eigenvalue weighted by molar-refractivity contribution is 0.0848. The van der Waals surface area contributed by atoms with Gasteiger partial charge in [-0.25, -0.2) is 0 Å². The number of alkyl halides is 2. The number of nitrogens with two attached hydrogens (primary N) is 1. The Morgan fingerprint density at radius 1 is 1.41 bits per heavy atom. The van der Waals surface area contributed by atoms with Crippen LogP contribution in [0.1, 0.15) is 20.7 Å². The van der Waals surface area contributed by atoms with Crippen molar-refractivity contribution < 1.29 is 14.1 Å². The number of benzene rings is 1. The van der Waals surface area contributed by atoms with Crippen molar-refractivity contribution in [2.24, 2.45) is 5.73 Å². The molecule has 2 amide bonds. The first kappa shape index (κ1) is 14.1. The van der Waals surface area contributed by atoms with Gasteiger partial charge in [-0.3, -0.25) is 9.59 Å². The van der Waals surface area contributed by atoms with E-state index in [0.717, 1.165) is 17.3 Å². The fourth-order valence-electron chi connectivity index (χ4n) is 1.21. The van der Waals surface area contributed by atoms with Gasteiger partial charge in [-0.1, -0.05) is 45.5 Å². The molecule has 0 heterocycles. The Balaban J connectivity index is 3.34. The molecule has 0 unspecified atom stereocenters. The van der Waals surface area contributed by atoms with Crippen LogP contribution in [-0.2, 0) is 0 Å². The van der Waals surface area contributed by atoms with Crippen molar-refractivity contribution in [3.05, 3.63) is 29.3 Å². The van der Waals surface area contributed by atoms with Gasteiger partial charge in [0.25, 0.3) is 5.91 Å². The third-order valence-corrected chi connectivity index (χ3v) is 3.13. The first-order chi connectivity index (χ1) is 7.97. The molecule has 0 radical (unpaired) electrons. The maximum absolute atomic E-state index is 12.2. The molecule has 0 aliphatic rings. The highest BCUT2D eigenvalue weighted by molar-refractivity contribution is 8.02. The quantitative estimate of drug-likeness (QED) is 0.508. The molecule has 0 aliphatic carbocycles. The molecule has 1 aromatic rings. The first-order valence-electron chi connectivity index (χ1n) is 4.26. The molecular weight excluding hydrogens is 290 g/mol. The standard InChI is InChI=1S/C9H7Cl2FN2O2S/c10-9(11)17-5-3-1-2-4(7(13)15)6(5)8(16)14-12/h1-3,9H,(H2,13,15)(H,14,16). The normalized spacial score (nSPS) is 10.4. The van der Waals surface area contributed by atoms with Gasteiger partial charge in [0.05, 0.1) is 11.1 Å². The molecule has 4 nitrogen and oxygen atoms in total. The van der Waals surface area contributed by atoms with E-state index in [1.54, 1.807) is 0 Å². The van der Waals surface area contributed by atoms with E-state index in [4.69, 9.17) is 28.9 Å². The van der Waals surface area contributed by atoms with Crippen molar-refractivity contribution in [1.82, 2.24) is 5.54 Å². The predicted molar refractivity (Wildman–Crippen MR) is 64.9 cm³/mol. The van der Waals surface area contributed by atoms with Crippen LogP contribution in [0.4, 0.5) is 4.48 Å². The van der Waals surface area contributed by atoms with Gasteiger partial charge in [0.2, 0.25) is 5.91 Å². The number of carbonyl (C=O) groups is 2. The number of rotatable bonds is 4. The van der Waals surface area contributed by atoms with Gasteiger partial charge in [0, 0.05) is 4.90 Å². The van der Waals surface area contributed by atoms with Gasteiger partial charge >= 0.3 is 0 Å². The number of primary amides is 1. The van der Waals surface area contributed by atoms with Crippen molar-refractivity contribution in [2.45, 2.75) is 9.06 Å². The van der Waals surface area contributed by atoms with Crippen LogP contribution in [0.2, 0.25) is 0 Å². The zero-order valence-corrected chi connectivity index (χ0v) is 10.6. The van der Waals surface area contributed by atoms with E-state index in [2.05, 4.69) is 0 Å². The summed E-state index contributed by atoms with van der Waals surface area (Å²) in [5, 5.41) is 0. The summed E-state index contributed by atoms with van der Waals surface area (Å²) in [4.78, 5) is 22.7. The lowest BCUT2D eigenvalue weighted by Gasteiger charge is -2.10. The molecule has 92 valence electrons. The van der Waals surface area contributed by atoms with Crippen molar-refractivity contribution in [3.8, 4) is 0 Å². The summed E-state index contributed by atoms with van der Waals surface area (Å²) in [6, 6.07) is 4.29. The Labute approximate surface area is 111 Å². The summed E-state index contributed by atoms with van der Waals surface area (Å²) in [5.74, 6) is -1.91. The molecule has 1 aromatic carbocycles. The van der Waals surface area contributed by atoms with Gasteiger partial charge in [-0.05, 0) is 12.1 Å². The lowest BCUT2D eigenvalue weighted by atomic mass is 10.1. The molecule has 0 saturated carbocycles. The highest BCUT2D eigenvalue weighted by Crippen LogP contribution is 2.32. The maximum Gasteiger partial charge on any atom is 0.280 e. The zero-order valence-electron chi connectivity index (χ0n) is 8.25. The van der Waals surface area contributed by atoms with Crippen LogP contribution in [0, 0.1) is 0 Å². The topological polar surface area (TPSA) is 72.2 Å². The smallest absolute Gasteiger partial charge is 0.280 e. The van der Waals surface area contributed by atoms with Gasteiger partial charge < -0.3 is 5.73 Å². The van der Waals surface area contributed by atoms with E-state index < -0.39 is 16.0 Å². The summed E-state index contributed by atoms with van der Waals surface area (Å²) in [7, 11) is 0. The average molecular weight is 297 g/mol. The molecule has 0 atom stereocenters. The van der Waals surface area contributed by atoms with Crippen molar-refractivity contribution >= 4 is 46.8 Å². The summed E-state index contributed by atoms with van der Waals surface area (Å²) in [5.41, 5.74) is 5.75. The number of amides is 2. The molecule has 8 heteroatoms. The lowest BCUT2D eigenvalue weighted by Crippen LogP contribution is -2.22. The SMILES string of the molecule is NC(=O)c1cccc(SC(Cl)Cl)c1C(=O)NF. The third kappa shape index (κ3) is 3.49. The van der Waals surface area contributed by atoms with Crippen molar-refractivity contribution in [3.63, 3.8) is 0 Å². The van der Waals surface area contributed by atoms with E-state index in [1.165, 1.54) is 18.2 Å².